The SMILES string of the molecule is CC(C)(C)S(=O)(=O)CCOc1ccc(F)cc1CCl. The lowest BCUT2D eigenvalue weighted by molar-refractivity contribution is 0.336. The maximum atomic E-state index is 13.0. The summed E-state index contributed by atoms with van der Waals surface area (Å²) in [6.07, 6.45) is 0. The van der Waals surface area contributed by atoms with E-state index in [2.05, 4.69) is 0 Å². The fourth-order valence-corrected chi connectivity index (χ4v) is 2.48. The molecule has 6 heteroatoms. The fourth-order valence-electron chi connectivity index (χ4n) is 1.36. The van der Waals surface area contributed by atoms with Crippen LogP contribution in [-0.4, -0.2) is 25.5 Å². The lowest BCUT2D eigenvalue weighted by Crippen LogP contribution is -2.32. The van der Waals surface area contributed by atoms with Gasteiger partial charge >= 0.3 is 0 Å². The predicted octanol–water partition coefficient (Wildman–Crippen LogP) is 3.16. The molecule has 0 saturated heterocycles. The van der Waals surface area contributed by atoms with E-state index in [4.69, 9.17) is 16.3 Å². The normalized spacial score (nSPS) is 12.5. The molecule has 0 fully saturated rings. The molecule has 0 unspecified atom stereocenters. The molecule has 0 bridgehead atoms. The molecule has 0 saturated carbocycles. The molecule has 0 aliphatic carbocycles. The number of hydrogen-bond acceptors (Lipinski definition) is 3. The summed E-state index contributed by atoms with van der Waals surface area (Å²) in [5.41, 5.74) is 0.509. The van der Waals surface area contributed by atoms with Gasteiger partial charge in [0.2, 0.25) is 0 Å². The summed E-state index contributed by atoms with van der Waals surface area (Å²) in [7, 11) is -3.23. The van der Waals surface area contributed by atoms with E-state index >= 15 is 0 Å². The standard InChI is InChI=1S/C13H18ClFO3S/c1-13(2,3)19(16,17)7-6-18-12-5-4-11(15)8-10(12)9-14/h4-5,8H,6-7,9H2,1-3H3. The number of rotatable bonds is 5. The number of sulfone groups is 1. The molecule has 0 aliphatic rings. The van der Waals surface area contributed by atoms with Gasteiger partial charge in [0.25, 0.3) is 0 Å². The zero-order chi connectivity index (χ0) is 14.7. The van der Waals surface area contributed by atoms with Crippen molar-refractivity contribution in [3.05, 3.63) is 29.6 Å². The van der Waals surface area contributed by atoms with Crippen molar-refractivity contribution in [3.63, 3.8) is 0 Å². The van der Waals surface area contributed by atoms with Crippen molar-refractivity contribution in [1.29, 1.82) is 0 Å². The molecule has 0 aliphatic heterocycles. The highest BCUT2D eigenvalue weighted by Crippen LogP contribution is 2.22. The first kappa shape index (κ1) is 16.2. The van der Waals surface area contributed by atoms with Gasteiger partial charge in [0.15, 0.2) is 9.84 Å². The Bertz CT molecular complexity index is 535. The Labute approximate surface area is 118 Å². The van der Waals surface area contributed by atoms with Crippen molar-refractivity contribution in [2.24, 2.45) is 0 Å². The van der Waals surface area contributed by atoms with E-state index < -0.39 is 20.4 Å². The first-order chi connectivity index (χ1) is 8.67. The third-order valence-electron chi connectivity index (χ3n) is 2.71. The zero-order valence-electron chi connectivity index (χ0n) is 11.2. The molecule has 0 heterocycles. The van der Waals surface area contributed by atoms with Gasteiger partial charge < -0.3 is 4.74 Å². The number of benzene rings is 1. The summed E-state index contributed by atoms with van der Waals surface area (Å²) >= 11 is 5.68. The highest BCUT2D eigenvalue weighted by molar-refractivity contribution is 7.92. The van der Waals surface area contributed by atoms with Gasteiger partial charge in [-0.2, -0.15) is 0 Å². The topological polar surface area (TPSA) is 43.4 Å². The van der Waals surface area contributed by atoms with Crippen LogP contribution in [0.3, 0.4) is 0 Å². The zero-order valence-corrected chi connectivity index (χ0v) is 12.8. The Balaban J connectivity index is 2.69. The average molecular weight is 309 g/mol. The molecule has 1 aromatic carbocycles. The van der Waals surface area contributed by atoms with Gasteiger partial charge in [0, 0.05) is 5.56 Å². The van der Waals surface area contributed by atoms with E-state index in [0.717, 1.165) is 0 Å². The van der Waals surface area contributed by atoms with Crippen LogP contribution in [0.4, 0.5) is 4.39 Å². The number of ether oxygens (including phenoxy) is 1. The molecular formula is C13H18ClFO3S. The van der Waals surface area contributed by atoms with Gasteiger partial charge in [0.1, 0.15) is 18.2 Å². The van der Waals surface area contributed by atoms with E-state index in [9.17, 15) is 12.8 Å². The Hall–Kier alpha value is -0.810. The van der Waals surface area contributed by atoms with Crippen LogP contribution < -0.4 is 4.74 Å². The van der Waals surface area contributed by atoms with E-state index in [0.29, 0.717) is 11.3 Å². The first-order valence-corrected chi connectivity index (χ1v) is 8.05. The minimum atomic E-state index is -3.23. The fraction of sp³-hybridized carbons (Fsp3) is 0.538. The van der Waals surface area contributed by atoms with Crippen LogP contribution in [0.1, 0.15) is 26.3 Å². The van der Waals surface area contributed by atoms with Gasteiger partial charge in [-0.05, 0) is 39.0 Å². The Morgan fingerprint density at radius 2 is 1.95 bits per heavy atom. The van der Waals surface area contributed by atoms with Gasteiger partial charge in [-0.15, -0.1) is 11.6 Å². The Morgan fingerprint density at radius 1 is 1.32 bits per heavy atom. The van der Waals surface area contributed by atoms with Crippen molar-refractivity contribution in [2.45, 2.75) is 31.4 Å². The number of alkyl halides is 1. The molecular weight excluding hydrogens is 291 g/mol. The molecule has 0 amide bonds. The van der Waals surface area contributed by atoms with Crippen LogP contribution in [0.15, 0.2) is 18.2 Å². The highest BCUT2D eigenvalue weighted by Gasteiger charge is 2.28. The maximum absolute atomic E-state index is 13.0. The Morgan fingerprint density at radius 3 is 2.47 bits per heavy atom. The van der Waals surface area contributed by atoms with E-state index in [1.807, 2.05) is 0 Å². The highest BCUT2D eigenvalue weighted by atomic mass is 35.5. The molecule has 1 rings (SSSR count). The van der Waals surface area contributed by atoms with Crippen LogP contribution in [-0.2, 0) is 15.7 Å². The molecule has 3 nitrogen and oxygen atoms in total. The predicted molar refractivity (Wildman–Crippen MR) is 75.0 cm³/mol. The number of halogens is 2. The second kappa shape index (κ2) is 6.09. The monoisotopic (exact) mass is 308 g/mol. The third kappa shape index (κ3) is 4.35. The largest absolute Gasteiger partial charge is 0.492 e. The second-order valence-electron chi connectivity index (χ2n) is 5.17. The van der Waals surface area contributed by atoms with Crippen LogP contribution >= 0.6 is 11.6 Å². The summed E-state index contributed by atoms with van der Waals surface area (Å²) in [6.45, 7) is 4.95. The summed E-state index contributed by atoms with van der Waals surface area (Å²) in [5.74, 6) is 0.0418. The minimum absolute atomic E-state index is 0.0229. The summed E-state index contributed by atoms with van der Waals surface area (Å²) < 4.78 is 41.3. The lowest BCUT2D eigenvalue weighted by Gasteiger charge is -2.19. The summed E-state index contributed by atoms with van der Waals surface area (Å²) in [5, 5.41) is 0. The summed E-state index contributed by atoms with van der Waals surface area (Å²) in [4.78, 5) is 0. The van der Waals surface area contributed by atoms with Crippen LogP contribution in [0.2, 0.25) is 0 Å². The lowest BCUT2D eigenvalue weighted by atomic mass is 10.2. The van der Waals surface area contributed by atoms with Crippen molar-refractivity contribution in [2.75, 3.05) is 12.4 Å². The maximum Gasteiger partial charge on any atom is 0.158 e. The molecule has 0 spiro atoms. The minimum Gasteiger partial charge on any atom is -0.492 e. The van der Waals surface area contributed by atoms with Crippen LogP contribution in [0.25, 0.3) is 0 Å². The van der Waals surface area contributed by atoms with E-state index in [-0.39, 0.29) is 18.2 Å². The summed E-state index contributed by atoms with van der Waals surface area (Å²) in [6, 6.07) is 3.99. The van der Waals surface area contributed by atoms with Crippen molar-refractivity contribution < 1.29 is 17.5 Å². The average Bonchev–Trinajstić information content (AvgIpc) is 2.29. The van der Waals surface area contributed by atoms with Gasteiger partial charge in [-0.3, -0.25) is 0 Å². The van der Waals surface area contributed by atoms with E-state index in [1.54, 1.807) is 20.8 Å². The molecule has 0 N–H and O–H groups in total. The van der Waals surface area contributed by atoms with Gasteiger partial charge in [-0.25, -0.2) is 12.8 Å². The third-order valence-corrected chi connectivity index (χ3v) is 5.57. The molecule has 19 heavy (non-hydrogen) atoms. The van der Waals surface area contributed by atoms with Crippen molar-refractivity contribution in [1.82, 2.24) is 0 Å². The molecule has 1 aromatic rings. The Kier molecular flexibility index (Phi) is 5.21. The van der Waals surface area contributed by atoms with E-state index in [1.165, 1.54) is 18.2 Å². The quantitative estimate of drug-likeness (QED) is 0.785. The van der Waals surface area contributed by atoms with Gasteiger partial charge in [0.05, 0.1) is 16.4 Å². The molecule has 108 valence electrons. The smallest absolute Gasteiger partial charge is 0.158 e. The molecule has 0 atom stereocenters. The van der Waals surface area contributed by atoms with Crippen molar-refractivity contribution >= 4 is 21.4 Å². The first-order valence-electron chi connectivity index (χ1n) is 5.87. The van der Waals surface area contributed by atoms with Crippen LogP contribution in [0.5, 0.6) is 5.75 Å². The number of hydrogen-bond donors (Lipinski definition) is 0. The van der Waals surface area contributed by atoms with Crippen molar-refractivity contribution in [3.8, 4) is 5.75 Å². The molecule has 0 aromatic heterocycles. The second-order valence-corrected chi connectivity index (χ2v) is 8.30. The molecule has 0 radical (unpaired) electrons. The van der Waals surface area contributed by atoms with Crippen LogP contribution in [0, 0.1) is 5.82 Å². The van der Waals surface area contributed by atoms with Gasteiger partial charge in [-0.1, -0.05) is 0 Å².